The Labute approximate surface area is 155 Å². The SMILES string of the molecule is Cc1ccc(SC(C)C(=O)N2CCC(Cc3ccccc3)CC2)cc1. The highest BCUT2D eigenvalue weighted by atomic mass is 32.2. The lowest BCUT2D eigenvalue weighted by atomic mass is 9.90. The van der Waals surface area contributed by atoms with Crippen LogP contribution in [0.3, 0.4) is 0 Å². The van der Waals surface area contributed by atoms with Gasteiger partial charge in [-0.25, -0.2) is 0 Å². The summed E-state index contributed by atoms with van der Waals surface area (Å²) in [5.74, 6) is 0.982. The number of hydrogen-bond acceptors (Lipinski definition) is 2. The lowest BCUT2D eigenvalue weighted by Gasteiger charge is -2.33. The smallest absolute Gasteiger partial charge is 0.235 e. The number of aryl methyl sites for hydroxylation is 1. The van der Waals surface area contributed by atoms with E-state index in [1.807, 2.05) is 6.92 Å². The molecule has 2 aromatic rings. The Hall–Kier alpha value is -1.74. The number of carbonyl (C=O) groups is 1. The number of piperidine rings is 1. The van der Waals surface area contributed by atoms with Crippen LogP contribution in [0, 0.1) is 12.8 Å². The van der Waals surface area contributed by atoms with E-state index in [4.69, 9.17) is 0 Å². The third kappa shape index (κ3) is 5.12. The van der Waals surface area contributed by atoms with Crippen molar-refractivity contribution in [2.24, 2.45) is 5.92 Å². The zero-order valence-electron chi connectivity index (χ0n) is 15.2. The normalized spacial score (nSPS) is 16.6. The molecule has 25 heavy (non-hydrogen) atoms. The van der Waals surface area contributed by atoms with Crippen LogP contribution in [-0.4, -0.2) is 29.1 Å². The third-order valence-electron chi connectivity index (χ3n) is 4.98. The van der Waals surface area contributed by atoms with E-state index in [-0.39, 0.29) is 11.2 Å². The summed E-state index contributed by atoms with van der Waals surface area (Å²) in [6, 6.07) is 19.1. The molecule has 132 valence electrons. The van der Waals surface area contributed by atoms with Crippen molar-refractivity contribution in [3.05, 3.63) is 65.7 Å². The van der Waals surface area contributed by atoms with Crippen LogP contribution < -0.4 is 0 Å². The fourth-order valence-electron chi connectivity index (χ4n) is 3.43. The van der Waals surface area contributed by atoms with Crippen molar-refractivity contribution in [2.45, 2.75) is 43.3 Å². The Morgan fingerprint density at radius 1 is 1.08 bits per heavy atom. The zero-order valence-corrected chi connectivity index (χ0v) is 16.0. The second kappa shape index (κ2) is 8.57. The zero-order chi connectivity index (χ0) is 17.6. The molecule has 0 aromatic heterocycles. The molecule has 1 aliphatic heterocycles. The van der Waals surface area contributed by atoms with Crippen molar-refractivity contribution >= 4 is 17.7 Å². The molecule has 1 amide bonds. The molecule has 1 atom stereocenters. The van der Waals surface area contributed by atoms with Gasteiger partial charge in [0.1, 0.15) is 0 Å². The van der Waals surface area contributed by atoms with Gasteiger partial charge in [0.25, 0.3) is 0 Å². The van der Waals surface area contributed by atoms with Crippen LogP contribution in [0.5, 0.6) is 0 Å². The van der Waals surface area contributed by atoms with Crippen LogP contribution >= 0.6 is 11.8 Å². The fourth-order valence-corrected chi connectivity index (χ4v) is 4.38. The van der Waals surface area contributed by atoms with Crippen LogP contribution in [-0.2, 0) is 11.2 Å². The van der Waals surface area contributed by atoms with E-state index >= 15 is 0 Å². The van der Waals surface area contributed by atoms with Crippen molar-refractivity contribution in [1.82, 2.24) is 4.90 Å². The number of rotatable bonds is 5. The maximum atomic E-state index is 12.7. The molecule has 2 nitrogen and oxygen atoms in total. The van der Waals surface area contributed by atoms with E-state index in [9.17, 15) is 4.79 Å². The summed E-state index contributed by atoms with van der Waals surface area (Å²) >= 11 is 1.67. The second-order valence-electron chi connectivity index (χ2n) is 7.03. The molecule has 3 rings (SSSR count). The average Bonchev–Trinajstić information content (AvgIpc) is 2.64. The van der Waals surface area contributed by atoms with Gasteiger partial charge in [-0.05, 0) is 56.7 Å². The highest BCUT2D eigenvalue weighted by molar-refractivity contribution is 8.00. The summed E-state index contributed by atoms with van der Waals surface area (Å²) in [6.07, 6.45) is 3.36. The van der Waals surface area contributed by atoms with Gasteiger partial charge in [0, 0.05) is 18.0 Å². The van der Waals surface area contributed by atoms with Gasteiger partial charge in [0.15, 0.2) is 0 Å². The maximum Gasteiger partial charge on any atom is 0.235 e. The van der Waals surface area contributed by atoms with Crippen molar-refractivity contribution in [3.8, 4) is 0 Å². The van der Waals surface area contributed by atoms with Crippen LogP contribution in [0.25, 0.3) is 0 Å². The number of benzene rings is 2. The van der Waals surface area contributed by atoms with E-state index in [0.29, 0.717) is 5.92 Å². The summed E-state index contributed by atoms with van der Waals surface area (Å²) in [5.41, 5.74) is 2.67. The largest absolute Gasteiger partial charge is 0.342 e. The minimum atomic E-state index is -0.0200. The average molecular weight is 354 g/mol. The monoisotopic (exact) mass is 353 g/mol. The molecule has 0 N–H and O–H groups in total. The predicted octanol–water partition coefficient (Wildman–Crippen LogP) is 4.96. The highest BCUT2D eigenvalue weighted by Gasteiger charge is 2.26. The van der Waals surface area contributed by atoms with Gasteiger partial charge in [-0.2, -0.15) is 0 Å². The van der Waals surface area contributed by atoms with E-state index < -0.39 is 0 Å². The topological polar surface area (TPSA) is 20.3 Å². The molecule has 0 radical (unpaired) electrons. The van der Waals surface area contributed by atoms with Gasteiger partial charge >= 0.3 is 0 Å². The molecule has 0 bridgehead atoms. The fraction of sp³-hybridized carbons (Fsp3) is 0.409. The van der Waals surface area contributed by atoms with Crippen molar-refractivity contribution < 1.29 is 4.79 Å². The number of hydrogen-bond donors (Lipinski definition) is 0. The second-order valence-corrected chi connectivity index (χ2v) is 8.45. The highest BCUT2D eigenvalue weighted by Crippen LogP contribution is 2.27. The summed E-state index contributed by atoms with van der Waals surface area (Å²) in [7, 11) is 0. The van der Waals surface area contributed by atoms with Crippen LogP contribution in [0.4, 0.5) is 0 Å². The number of amides is 1. The van der Waals surface area contributed by atoms with Crippen LogP contribution in [0.1, 0.15) is 30.9 Å². The molecule has 1 heterocycles. The van der Waals surface area contributed by atoms with Gasteiger partial charge in [-0.1, -0.05) is 48.0 Å². The number of thioether (sulfide) groups is 1. The molecule has 0 aliphatic carbocycles. The predicted molar refractivity (Wildman–Crippen MR) is 106 cm³/mol. The van der Waals surface area contributed by atoms with Crippen molar-refractivity contribution in [1.29, 1.82) is 0 Å². The minimum absolute atomic E-state index is 0.0200. The molecule has 0 saturated carbocycles. The Balaban J connectivity index is 1.48. The van der Waals surface area contributed by atoms with E-state index in [1.165, 1.54) is 16.0 Å². The molecular formula is C22H27NOS. The first kappa shape index (κ1) is 18.1. The first-order valence-corrected chi connectivity index (χ1v) is 10.1. The van der Waals surface area contributed by atoms with E-state index in [1.54, 1.807) is 11.8 Å². The lowest BCUT2D eigenvalue weighted by Crippen LogP contribution is -2.42. The Morgan fingerprint density at radius 3 is 2.36 bits per heavy atom. The molecule has 2 aromatic carbocycles. The Morgan fingerprint density at radius 2 is 1.72 bits per heavy atom. The molecule has 3 heteroatoms. The summed E-state index contributed by atoms with van der Waals surface area (Å²) in [5, 5.41) is -0.0200. The van der Waals surface area contributed by atoms with Crippen molar-refractivity contribution in [2.75, 3.05) is 13.1 Å². The van der Waals surface area contributed by atoms with Gasteiger partial charge < -0.3 is 4.90 Å². The summed E-state index contributed by atoms with van der Waals surface area (Å²) in [6.45, 7) is 5.91. The molecule has 0 spiro atoms. The number of carbonyl (C=O) groups excluding carboxylic acids is 1. The lowest BCUT2D eigenvalue weighted by molar-refractivity contribution is -0.131. The van der Waals surface area contributed by atoms with Gasteiger partial charge in [0.2, 0.25) is 5.91 Å². The van der Waals surface area contributed by atoms with Gasteiger partial charge in [0.05, 0.1) is 5.25 Å². The Bertz CT molecular complexity index is 675. The first-order valence-electron chi connectivity index (χ1n) is 9.18. The Kier molecular flexibility index (Phi) is 6.19. The molecular weight excluding hydrogens is 326 g/mol. The maximum absolute atomic E-state index is 12.7. The molecule has 1 saturated heterocycles. The molecule has 1 unspecified atom stereocenters. The standard InChI is InChI=1S/C22H27NOS/c1-17-8-10-21(11-9-17)25-18(2)22(24)23-14-12-20(13-15-23)16-19-6-4-3-5-7-19/h3-11,18,20H,12-16H2,1-2H3. The van der Waals surface area contributed by atoms with Crippen LogP contribution in [0.2, 0.25) is 0 Å². The van der Waals surface area contributed by atoms with Crippen LogP contribution in [0.15, 0.2) is 59.5 Å². The molecule has 1 aliphatic rings. The number of nitrogens with zero attached hydrogens (tertiary/aromatic N) is 1. The first-order chi connectivity index (χ1) is 12.1. The number of likely N-dealkylation sites (tertiary alicyclic amines) is 1. The minimum Gasteiger partial charge on any atom is -0.342 e. The summed E-state index contributed by atoms with van der Waals surface area (Å²) in [4.78, 5) is 16.0. The van der Waals surface area contributed by atoms with E-state index in [0.717, 1.165) is 32.4 Å². The van der Waals surface area contributed by atoms with Gasteiger partial charge in [-0.15, -0.1) is 11.8 Å². The van der Waals surface area contributed by atoms with E-state index in [2.05, 4.69) is 66.4 Å². The summed E-state index contributed by atoms with van der Waals surface area (Å²) < 4.78 is 0. The molecule has 1 fully saturated rings. The third-order valence-corrected chi connectivity index (χ3v) is 6.07. The van der Waals surface area contributed by atoms with Gasteiger partial charge in [-0.3, -0.25) is 4.79 Å². The quantitative estimate of drug-likeness (QED) is 0.708. The van der Waals surface area contributed by atoms with Crippen molar-refractivity contribution in [3.63, 3.8) is 0 Å².